The molecule has 4 N–H and O–H groups in total. The molecule has 0 aliphatic heterocycles. The number of rotatable bonds is 10. The second kappa shape index (κ2) is 12.8. The van der Waals surface area contributed by atoms with Crippen LogP contribution in [-0.2, 0) is 16.0 Å². The molecule has 2 aromatic carbocycles. The Hall–Kier alpha value is -4.54. The largest absolute Gasteiger partial charge is 0.493 e. The fourth-order valence-electron chi connectivity index (χ4n) is 5.23. The maximum Gasteiger partial charge on any atom is 0.248 e. The fourth-order valence-corrected chi connectivity index (χ4v) is 5.23. The van der Waals surface area contributed by atoms with Gasteiger partial charge in [-0.15, -0.1) is 0 Å². The van der Waals surface area contributed by atoms with Crippen LogP contribution in [0.5, 0.6) is 17.2 Å². The first-order chi connectivity index (χ1) is 19.7. The molecule has 1 heterocycles. The van der Waals surface area contributed by atoms with Gasteiger partial charge in [0.1, 0.15) is 11.9 Å². The maximum absolute atomic E-state index is 13.7. The van der Waals surface area contributed by atoms with Crippen LogP contribution in [-0.4, -0.2) is 49.4 Å². The minimum absolute atomic E-state index is 0.0923. The number of amides is 2. The second-order valence-corrected chi connectivity index (χ2v) is 10.1. The lowest BCUT2D eigenvalue weighted by atomic mass is 9.95. The molecule has 1 aliphatic rings. The topological polar surface area (TPSA) is 144 Å². The highest BCUT2D eigenvalue weighted by atomic mass is 16.5. The van der Waals surface area contributed by atoms with Gasteiger partial charge in [-0.1, -0.05) is 26.3 Å². The minimum atomic E-state index is -0.699. The Kier molecular flexibility index (Phi) is 9.16. The summed E-state index contributed by atoms with van der Waals surface area (Å²) in [6, 6.07) is 7.46. The van der Waals surface area contributed by atoms with Crippen molar-refractivity contribution in [1.82, 2.24) is 15.5 Å². The van der Waals surface area contributed by atoms with Gasteiger partial charge < -0.3 is 30.2 Å². The van der Waals surface area contributed by atoms with Crippen LogP contribution in [0, 0.1) is 5.92 Å². The molecule has 41 heavy (non-hydrogen) atoms. The Labute approximate surface area is 239 Å². The number of nitrogens with one attached hydrogen (secondary N) is 4. The number of fused-ring (bicyclic) bond motifs is 3. The molecule has 0 saturated heterocycles. The van der Waals surface area contributed by atoms with E-state index >= 15 is 0 Å². The van der Waals surface area contributed by atoms with Gasteiger partial charge >= 0.3 is 0 Å². The number of hydrogen-bond donors (Lipinski definition) is 4. The summed E-state index contributed by atoms with van der Waals surface area (Å²) in [6.07, 6.45) is 3.39. The molecule has 0 radical (unpaired) electrons. The van der Waals surface area contributed by atoms with E-state index < -0.39 is 12.1 Å². The first kappa shape index (κ1) is 29.4. The van der Waals surface area contributed by atoms with Gasteiger partial charge in [0.15, 0.2) is 11.5 Å². The first-order valence-corrected chi connectivity index (χ1v) is 13.6. The Morgan fingerprint density at radius 3 is 2.46 bits per heavy atom. The number of aryl methyl sites for hydroxylation is 1. The van der Waals surface area contributed by atoms with Gasteiger partial charge in [0.2, 0.25) is 23.0 Å². The molecule has 0 saturated carbocycles. The molecule has 0 fully saturated rings. The van der Waals surface area contributed by atoms with Gasteiger partial charge in [-0.2, -0.15) is 5.10 Å². The van der Waals surface area contributed by atoms with Crippen molar-refractivity contribution < 1.29 is 23.8 Å². The molecular weight excluding hydrogens is 526 g/mol. The van der Waals surface area contributed by atoms with Crippen molar-refractivity contribution in [1.29, 1.82) is 0 Å². The molecule has 3 unspecified atom stereocenters. The van der Waals surface area contributed by atoms with Gasteiger partial charge in [-0.25, -0.2) is 0 Å². The number of hydrogen-bond acceptors (Lipinski definition) is 8. The van der Waals surface area contributed by atoms with Crippen molar-refractivity contribution in [2.45, 2.75) is 52.1 Å². The Morgan fingerprint density at radius 1 is 1.10 bits per heavy atom. The SMILES string of the molecule is CCC(C)C(Nc1ccc2c(cc1=O)C(NC(C)=O)CCc1cc(OC)c(OC)c(OC)c1-2)C(=O)Nc1ccn[nH]1. The number of carbonyl (C=O) groups excluding carboxylic acids is 2. The van der Waals surface area contributed by atoms with Crippen LogP contribution >= 0.6 is 0 Å². The first-order valence-electron chi connectivity index (χ1n) is 13.6. The molecule has 11 nitrogen and oxygen atoms in total. The van der Waals surface area contributed by atoms with Crippen molar-refractivity contribution in [2.75, 3.05) is 32.0 Å². The summed E-state index contributed by atoms with van der Waals surface area (Å²) in [7, 11) is 4.65. The number of carbonyl (C=O) groups is 2. The van der Waals surface area contributed by atoms with E-state index in [9.17, 15) is 14.4 Å². The van der Waals surface area contributed by atoms with E-state index in [4.69, 9.17) is 14.2 Å². The van der Waals surface area contributed by atoms with E-state index in [0.29, 0.717) is 53.5 Å². The third kappa shape index (κ3) is 6.13. The number of ether oxygens (including phenoxy) is 3. The Morgan fingerprint density at radius 2 is 1.85 bits per heavy atom. The fraction of sp³-hybridized carbons (Fsp3) is 0.400. The highest BCUT2D eigenvalue weighted by molar-refractivity contribution is 5.96. The summed E-state index contributed by atoms with van der Waals surface area (Å²) in [4.78, 5) is 39.2. The molecule has 0 bridgehead atoms. The standard InChI is InChI=1S/C30H37N5O6/c1-7-16(2)27(30(38)34-25-12-13-31-35-25)33-22-11-9-19-20(15-23(22)37)21(32-17(3)36)10-8-18-14-24(39-4)28(40-5)29(41-6)26(18)19/h9,11-16,21,27H,7-8,10H2,1-6H3,(H,32,36)(H,33,37)(H2,31,34,35,38). The maximum atomic E-state index is 13.7. The van der Waals surface area contributed by atoms with E-state index in [1.54, 1.807) is 32.5 Å². The molecule has 4 rings (SSSR count). The normalized spacial score (nSPS) is 15.3. The molecule has 0 spiro atoms. The van der Waals surface area contributed by atoms with Crippen LogP contribution in [0.15, 0.2) is 41.3 Å². The summed E-state index contributed by atoms with van der Waals surface area (Å²) >= 11 is 0. The average Bonchev–Trinajstić information content (AvgIpc) is 3.36. The molecule has 2 amide bonds. The van der Waals surface area contributed by atoms with Gasteiger partial charge in [0.25, 0.3) is 0 Å². The number of benzene rings is 1. The van der Waals surface area contributed by atoms with Crippen molar-refractivity contribution in [3.63, 3.8) is 0 Å². The Balaban J connectivity index is 1.88. The highest BCUT2D eigenvalue weighted by Crippen LogP contribution is 2.50. The summed E-state index contributed by atoms with van der Waals surface area (Å²) in [5, 5.41) is 15.6. The molecule has 3 aromatic rings. The summed E-state index contributed by atoms with van der Waals surface area (Å²) in [6.45, 7) is 5.38. The van der Waals surface area contributed by atoms with Crippen molar-refractivity contribution >= 4 is 23.3 Å². The molecule has 3 atom stereocenters. The van der Waals surface area contributed by atoms with E-state index in [1.165, 1.54) is 20.1 Å². The number of H-pyrrole nitrogens is 1. The van der Waals surface area contributed by atoms with Gasteiger partial charge in [0, 0.05) is 18.6 Å². The van der Waals surface area contributed by atoms with Crippen LogP contribution in [0.25, 0.3) is 11.1 Å². The van der Waals surface area contributed by atoms with E-state index in [2.05, 4.69) is 26.1 Å². The minimum Gasteiger partial charge on any atom is -0.493 e. The number of nitrogens with zero attached hydrogens (tertiary/aromatic N) is 1. The predicted molar refractivity (Wildman–Crippen MR) is 157 cm³/mol. The smallest absolute Gasteiger partial charge is 0.248 e. The van der Waals surface area contributed by atoms with Crippen molar-refractivity contribution in [3.8, 4) is 28.4 Å². The molecule has 1 aromatic heterocycles. The molecule has 11 heteroatoms. The van der Waals surface area contributed by atoms with Crippen molar-refractivity contribution in [3.05, 3.63) is 57.9 Å². The monoisotopic (exact) mass is 563 g/mol. The van der Waals surface area contributed by atoms with Crippen molar-refractivity contribution in [2.24, 2.45) is 5.92 Å². The Bertz CT molecular complexity index is 1470. The van der Waals surface area contributed by atoms with E-state index in [0.717, 1.165) is 11.1 Å². The van der Waals surface area contributed by atoms with Crippen LogP contribution in [0.3, 0.4) is 0 Å². The van der Waals surface area contributed by atoms with E-state index in [-0.39, 0.29) is 28.8 Å². The number of anilines is 2. The van der Waals surface area contributed by atoms with Gasteiger partial charge in [-0.3, -0.25) is 19.5 Å². The van der Waals surface area contributed by atoms with Gasteiger partial charge in [-0.05, 0) is 53.6 Å². The lowest BCUT2D eigenvalue weighted by Gasteiger charge is -2.23. The lowest BCUT2D eigenvalue weighted by Crippen LogP contribution is -2.40. The number of aromatic amines is 1. The van der Waals surface area contributed by atoms with Gasteiger partial charge in [0.05, 0.1) is 39.3 Å². The zero-order valence-corrected chi connectivity index (χ0v) is 24.2. The molecular formula is C30H37N5O6. The average molecular weight is 564 g/mol. The second-order valence-electron chi connectivity index (χ2n) is 10.1. The third-order valence-electron chi connectivity index (χ3n) is 7.48. The number of aromatic nitrogens is 2. The van der Waals surface area contributed by atoms with Crippen LogP contribution in [0.2, 0.25) is 0 Å². The predicted octanol–water partition coefficient (Wildman–Crippen LogP) is 4.05. The summed E-state index contributed by atoms with van der Waals surface area (Å²) in [5.41, 5.74) is 2.98. The summed E-state index contributed by atoms with van der Waals surface area (Å²) < 4.78 is 17.1. The lowest BCUT2D eigenvalue weighted by molar-refractivity contribution is -0.120. The quantitative estimate of drug-likeness (QED) is 0.289. The highest BCUT2D eigenvalue weighted by Gasteiger charge is 2.30. The van der Waals surface area contributed by atoms with E-state index in [1.807, 2.05) is 26.0 Å². The molecule has 1 aliphatic carbocycles. The molecule has 218 valence electrons. The van der Waals surface area contributed by atoms with Crippen LogP contribution in [0.4, 0.5) is 11.5 Å². The van der Waals surface area contributed by atoms with Crippen LogP contribution in [0.1, 0.15) is 50.8 Å². The number of methoxy groups -OCH3 is 3. The summed E-state index contributed by atoms with van der Waals surface area (Å²) in [5.74, 6) is 1.28. The third-order valence-corrected chi connectivity index (χ3v) is 7.48. The zero-order valence-electron chi connectivity index (χ0n) is 24.2. The zero-order chi connectivity index (χ0) is 29.7. The van der Waals surface area contributed by atoms with Crippen LogP contribution < -0.4 is 35.6 Å².